The molecular formula is C21H32N6OS. The van der Waals surface area contributed by atoms with E-state index < -0.39 is 0 Å². The highest BCUT2D eigenvalue weighted by molar-refractivity contribution is 7.11. The summed E-state index contributed by atoms with van der Waals surface area (Å²) in [6.07, 6.45) is 2.77. The summed E-state index contributed by atoms with van der Waals surface area (Å²) < 4.78 is 0. The molecule has 0 radical (unpaired) electrons. The van der Waals surface area contributed by atoms with E-state index in [2.05, 4.69) is 32.9 Å². The Bertz CT molecular complexity index is 802. The van der Waals surface area contributed by atoms with Crippen molar-refractivity contribution in [3.63, 3.8) is 0 Å². The van der Waals surface area contributed by atoms with Crippen LogP contribution in [0.4, 0.5) is 0 Å². The number of benzene rings is 1. The fraction of sp³-hybridized carbons (Fsp3) is 0.476. The maximum absolute atomic E-state index is 12.3. The lowest BCUT2D eigenvalue weighted by molar-refractivity contribution is 0.0951. The third kappa shape index (κ3) is 8.62. The van der Waals surface area contributed by atoms with Gasteiger partial charge < -0.3 is 20.9 Å². The van der Waals surface area contributed by atoms with Gasteiger partial charge in [-0.15, -0.1) is 11.3 Å². The molecule has 0 aliphatic heterocycles. The van der Waals surface area contributed by atoms with Crippen LogP contribution in [0.5, 0.6) is 0 Å². The summed E-state index contributed by atoms with van der Waals surface area (Å²) in [5, 5.41) is 10.7. The molecule has 3 N–H and O–H groups in total. The molecule has 0 fully saturated rings. The van der Waals surface area contributed by atoms with Gasteiger partial charge in [-0.3, -0.25) is 4.79 Å². The van der Waals surface area contributed by atoms with Gasteiger partial charge >= 0.3 is 0 Å². The number of aryl methyl sites for hydroxylation is 1. The number of carbonyl (C=O) groups is 1. The summed E-state index contributed by atoms with van der Waals surface area (Å²) >= 11 is 1.72. The number of guanidine groups is 1. The van der Waals surface area contributed by atoms with Gasteiger partial charge in [-0.05, 0) is 45.6 Å². The second kappa shape index (κ2) is 12.2. The molecule has 1 amide bonds. The number of amides is 1. The number of aliphatic imine (C=N–C) groups is 1. The molecule has 2 aromatic rings. The van der Waals surface area contributed by atoms with Crippen LogP contribution in [0.25, 0.3) is 0 Å². The molecule has 7 nitrogen and oxygen atoms in total. The first-order chi connectivity index (χ1) is 14.0. The van der Waals surface area contributed by atoms with Gasteiger partial charge in [-0.2, -0.15) is 0 Å². The number of carbonyl (C=O) groups excluding carboxylic acids is 1. The highest BCUT2D eigenvalue weighted by Crippen LogP contribution is 2.11. The predicted octanol–water partition coefficient (Wildman–Crippen LogP) is 2.04. The Morgan fingerprint density at radius 3 is 2.72 bits per heavy atom. The van der Waals surface area contributed by atoms with Crippen LogP contribution in [0.2, 0.25) is 0 Å². The molecule has 1 aromatic heterocycles. The summed E-state index contributed by atoms with van der Waals surface area (Å²) in [5.74, 6) is 0.711. The lowest BCUT2D eigenvalue weighted by atomic mass is 10.1. The van der Waals surface area contributed by atoms with Gasteiger partial charge in [0.25, 0.3) is 5.91 Å². The minimum Gasteiger partial charge on any atom is -0.357 e. The van der Waals surface area contributed by atoms with Gasteiger partial charge in [-0.25, -0.2) is 9.98 Å². The molecule has 0 aliphatic rings. The predicted molar refractivity (Wildman–Crippen MR) is 121 cm³/mol. The maximum Gasteiger partial charge on any atom is 0.251 e. The first kappa shape index (κ1) is 22.8. The van der Waals surface area contributed by atoms with Gasteiger partial charge in [0, 0.05) is 49.2 Å². The Balaban J connectivity index is 1.89. The van der Waals surface area contributed by atoms with Crippen LogP contribution in [0.15, 0.2) is 35.5 Å². The average molecular weight is 417 g/mol. The van der Waals surface area contributed by atoms with E-state index in [4.69, 9.17) is 0 Å². The van der Waals surface area contributed by atoms with Crippen molar-refractivity contribution in [3.05, 3.63) is 51.5 Å². The summed E-state index contributed by atoms with van der Waals surface area (Å²) in [4.78, 5) is 24.6. The molecule has 8 heteroatoms. The second-order valence-corrected chi connectivity index (χ2v) is 8.32. The number of hydrogen-bond donors (Lipinski definition) is 3. The Kier molecular flexibility index (Phi) is 9.59. The summed E-state index contributed by atoms with van der Waals surface area (Å²) in [5.41, 5.74) is 1.66. The third-order valence-corrected chi connectivity index (χ3v) is 5.07. The second-order valence-electron chi connectivity index (χ2n) is 7.00. The van der Waals surface area contributed by atoms with Crippen molar-refractivity contribution in [2.24, 2.45) is 4.99 Å². The largest absolute Gasteiger partial charge is 0.357 e. The highest BCUT2D eigenvalue weighted by atomic mass is 32.1. The van der Waals surface area contributed by atoms with E-state index in [0.29, 0.717) is 18.7 Å². The van der Waals surface area contributed by atoms with Crippen molar-refractivity contribution in [1.82, 2.24) is 25.8 Å². The minimum absolute atomic E-state index is 0.0542. The average Bonchev–Trinajstić information content (AvgIpc) is 3.11. The van der Waals surface area contributed by atoms with Crippen molar-refractivity contribution in [3.8, 4) is 0 Å². The van der Waals surface area contributed by atoms with Crippen LogP contribution < -0.4 is 16.0 Å². The van der Waals surface area contributed by atoms with Crippen molar-refractivity contribution < 1.29 is 4.79 Å². The van der Waals surface area contributed by atoms with Crippen LogP contribution in [0, 0.1) is 6.92 Å². The fourth-order valence-electron chi connectivity index (χ4n) is 2.62. The van der Waals surface area contributed by atoms with Crippen LogP contribution in [0.3, 0.4) is 0 Å². The lowest BCUT2D eigenvalue weighted by Gasteiger charge is -2.12. The normalized spacial score (nSPS) is 11.6. The molecule has 1 aromatic carbocycles. The molecule has 2 rings (SSSR count). The van der Waals surface area contributed by atoms with Gasteiger partial charge in [-0.1, -0.05) is 12.1 Å². The zero-order valence-electron chi connectivity index (χ0n) is 17.8. The number of thiazole rings is 1. The van der Waals surface area contributed by atoms with Crippen LogP contribution >= 0.6 is 11.3 Å². The van der Waals surface area contributed by atoms with E-state index in [9.17, 15) is 4.79 Å². The Hall–Kier alpha value is -2.45. The van der Waals surface area contributed by atoms with E-state index in [1.807, 2.05) is 56.4 Å². The third-order valence-electron chi connectivity index (χ3n) is 4.10. The van der Waals surface area contributed by atoms with Gasteiger partial charge in [0.1, 0.15) is 0 Å². The number of hydrogen-bond acceptors (Lipinski definition) is 5. The Morgan fingerprint density at radius 2 is 2.03 bits per heavy atom. The van der Waals surface area contributed by atoms with Gasteiger partial charge in [0.05, 0.1) is 11.6 Å². The van der Waals surface area contributed by atoms with Crippen LogP contribution in [-0.2, 0) is 13.0 Å². The summed E-state index contributed by atoms with van der Waals surface area (Å²) in [6, 6.07) is 7.62. The van der Waals surface area contributed by atoms with E-state index in [-0.39, 0.29) is 5.91 Å². The molecule has 0 saturated heterocycles. The standard InChI is InChI=1S/C21H32N6OS/c1-5-22-21(24-10-9-19-25-14-16(2)29-19)26-15-17-7-6-8-18(13-17)20(28)23-11-12-27(3)4/h6-8,13-14H,5,9-12,15H2,1-4H3,(H,23,28)(H2,22,24,26). The van der Waals surface area contributed by atoms with E-state index in [0.717, 1.165) is 42.6 Å². The lowest BCUT2D eigenvalue weighted by Crippen LogP contribution is -2.38. The Morgan fingerprint density at radius 1 is 1.21 bits per heavy atom. The minimum atomic E-state index is -0.0542. The van der Waals surface area contributed by atoms with E-state index >= 15 is 0 Å². The first-order valence-corrected chi connectivity index (χ1v) is 10.7. The first-order valence-electron chi connectivity index (χ1n) is 9.93. The molecule has 0 bridgehead atoms. The number of nitrogens with zero attached hydrogens (tertiary/aromatic N) is 3. The number of nitrogens with one attached hydrogen (secondary N) is 3. The SMILES string of the molecule is CCNC(=NCc1cccc(C(=O)NCCN(C)C)c1)NCCc1ncc(C)s1. The molecule has 0 atom stereocenters. The number of rotatable bonds is 10. The molecule has 0 unspecified atom stereocenters. The summed E-state index contributed by atoms with van der Waals surface area (Å²) in [6.45, 7) is 7.61. The number of likely N-dealkylation sites (N-methyl/N-ethyl adjacent to an activating group) is 1. The van der Waals surface area contributed by atoms with Crippen molar-refractivity contribution in [2.75, 3.05) is 40.3 Å². The zero-order chi connectivity index (χ0) is 21.1. The smallest absolute Gasteiger partial charge is 0.251 e. The van der Waals surface area contributed by atoms with Gasteiger partial charge in [0.2, 0.25) is 0 Å². The van der Waals surface area contributed by atoms with E-state index in [1.165, 1.54) is 4.88 Å². The topological polar surface area (TPSA) is 81.7 Å². The molecule has 1 heterocycles. The molecule has 0 aliphatic carbocycles. The van der Waals surface area contributed by atoms with Crippen molar-refractivity contribution in [2.45, 2.75) is 26.8 Å². The quantitative estimate of drug-likeness (QED) is 0.408. The van der Waals surface area contributed by atoms with Crippen molar-refractivity contribution in [1.29, 1.82) is 0 Å². The van der Waals surface area contributed by atoms with Gasteiger partial charge in [0.15, 0.2) is 5.96 Å². The molecular weight excluding hydrogens is 384 g/mol. The number of aromatic nitrogens is 1. The van der Waals surface area contributed by atoms with Crippen molar-refractivity contribution >= 4 is 23.2 Å². The molecule has 0 saturated carbocycles. The fourth-order valence-corrected chi connectivity index (χ4v) is 3.41. The zero-order valence-corrected chi connectivity index (χ0v) is 18.6. The molecule has 0 spiro atoms. The summed E-state index contributed by atoms with van der Waals surface area (Å²) in [7, 11) is 3.97. The Labute approximate surface area is 177 Å². The monoisotopic (exact) mass is 416 g/mol. The molecule has 158 valence electrons. The van der Waals surface area contributed by atoms with Crippen LogP contribution in [0.1, 0.15) is 32.7 Å². The maximum atomic E-state index is 12.3. The highest BCUT2D eigenvalue weighted by Gasteiger charge is 2.06. The molecule has 29 heavy (non-hydrogen) atoms. The van der Waals surface area contributed by atoms with Crippen LogP contribution in [-0.4, -0.2) is 62.0 Å². The van der Waals surface area contributed by atoms with E-state index in [1.54, 1.807) is 11.3 Å².